The number of halogens is 1. The first-order valence-electron chi connectivity index (χ1n) is 4.57. The van der Waals surface area contributed by atoms with E-state index in [1.807, 2.05) is 18.2 Å². The number of hydrogen-bond donors (Lipinski definition) is 1. The largest absolute Gasteiger partial charge is 0.261 e. The van der Waals surface area contributed by atoms with Crippen molar-refractivity contribution < 1.29 is 8.42 Å². The maximum absolute atomic E-state index is 11.4. The Hall–Kier alpha value is -0.210. The normalized spacial score (nSPS) is 11.5. The molecule has 0 atom stereocenters. The highest BCUT2D eigenvalue weighted by Gasteiger charge is 2.09. The quantitative estimate of drug-likeness (QED) is 0.620. The molecule has 0 aliphatic rings. The fraction of sp³-hybridized carbons (Fsp3) is 0.444. The third kappa shape index (κ3) is 5.43. The molecule has 0 aliphatic heterocycles. The molecular weight excluding hydrogens is 327 g/mol. The van der Waals surface area contributed by atoms with Crippen LogP contribution in [-0.4, -0.2) is 30.1 Å². The molecule has 0 unspecified atom stereocenters. The first kappa shape index (κ1) is 12.9. The number of nitrogens with one attached hydrogen (secondary N) is 1. The van der Waals surface area contributed by atoms with Gasteiger partial charge in [0.25, 0.3) is 0 Å². The van der Waals surface area contributed by atoms with Crippen LogP contribution in [0.15, 0.2) is 24.4 Å². The molecule has 1 rings (SSSR count). The van der Waals surface area contributed by atoms with Gasteiger partial charge < -0.3 is 0 Å². The van der Waals surface area contributed by atoms with E-state index in [9.17, 15) is 8.42 Å². The number of aryl methyl sites for hydroxylation is 1. The number of pyridine rings is 1. The number of rotatable bonds is 6. The summed E-state index contributed by atoms with van der Waals surface area (Å²) in [6, 6.07) is 5.49. The Labute approximate surface area is 104 Å². The molecule has 6 heteroatoms. The lowest BCUT2D eigenvalue weighted by Crippen LogP contribution is -2.28. The van der Waals surface area contributed by atoms with Gasteiger partial charge in [-0.15, -0.1) is 0 Å². The van der Waals surface area contributed by atoms with Gasteiger partial charge in [0.15, 0.2) is 0 Å². The van der Waals surface area contributed by atoms with E-state index >= 15 is 0 Å². The van der Waals surface area contributed by atoms with Crippen molar-refractivity contribution in [2.45, 2.75) is 6.42 Å². The van der Waals surface area contributed by atoms with Gasteiger partial charge in [-0.3, -0.25) is 4.98 Å². The average Bonchev–Trinajstić information content (AvgIpc) is 2.25. The van der Waals surface area contributed by atoms with Gasteiger partial charge in [-0.25, -0.2) is 13.1 Å². The Morgan fingerprint density at radius 3 is 2.80 bits per heavy atom. The molecule has 4 nitrogen and oxygen atoms in total. The fourth-order valence-corrected chi connectivity index (χ4v) is 2.72. The highest BCUT2D eigenvalue weighted by molar-refractivity contribution is 14.1. The Balaban J connectivity index is 2.43. The lowest BCUT2D eigenvalue weighted by Gasteiger charge is -2.04. The van der Waals surface area contributed by atoms with Crippen molar-refractivity contribution in [3.05, 3.63) is 30.1 Å². The molecule has 0 saturated heterocycles. The molecule has 0 spiro atoms. The first-order chi connectivity index (χ1) is 7.14. The van der Waals surface area contributed by atoms with Gasteiger partial charge in [0.05, 0.1) is 5.75 Å². The predicted molar refractivity (Wildman–Crippen MR) is 68.6 cm³/mol. The lowest BCUT2D eigenvalue weighted by molar-refractivity contribution is 0.583. The van der Waals surface area contributed by atoms with Gasteiger partial charge in [0.2, 0.25) is 10.0 Å². The molecule has 0 saturated carbocycles. The molecular formula is C9H13IN2O2S. The zero-order valence-electron chi connectivity index (χ0n) is 8.19. The Morgan fingerprint density at radius 1 is 1.40 bits per heavy atom. The molecule has 1 aromatic heterocycles. The number of aromatic nitrogens is 1. The van der Waals surface area contributed by atoms with Gasteiger partial charge in [0.1, 0.15) is 0 Å². The zero-order chi connectivity index (χ0) is 11.1. The standard InChI is InChI=1S/C9H13IN2O2S/c10-5-7-12-15(13,14)8-4-9-3-1-2-6-11-9/h1-3,6,12H,4-5,7-8H2. The van der Waals surface area contributed by atoms with Gasteiger partial charge >= 0.3 is 0 Å². The first-order valence-corrected chi connectivity index (χ1v) is 7.75. The topological polar surface area (TPSA) is 59.1 Å². The summed E-state index contributed by atoms with van der Waals surface area (Å²) < 4.78 is 26.1. The molecule has 1 aromatic rings. The van der Waals surface area contributed by atoms with Crippen molar-refractivity contribution in [1.82, 2.24) is 9.71 Å². The average molecular weight is 340 g/mol. The van der Waals surface area contributed by atoms with E-state index in [1.54, 1.807) is 6.20 Å². The SMILES string of the molecule is O=S(=O)(CCc1ccccn1)NCCI. The maximum atomic E-state index is 11.4. The molecule has 0 aliphatic carbocycles. The molecule has 1 heterocycles. The summed E-state index contributed by atoms with van der Waals surface area (Å²) in [5.74, 6) is 0.0979. The van der Waals surface area contributed by atoms with E-state index in [4.69, 9.17) is 0 Å². The van der Waals surface area contributed by atoms with Crippen LogP contribution in [-0.2, 0) is 16.4 Å². The van der Waals surface area contributed by atoms with Crippen LogP contribution in [0.2, 0.25) is 0 Å². The van der Waals surface area contributed by atoms with Crippen molar-refractivity contribution in [3.63, 3.8) is 0 Å². The molecule has 0 fully saturated rings. The summed E-state index contributed by atoms with van der Waals surface area (Å²) in [5.41, 5.74) is 0.803. The van der Waals surface area contributed by atoms with E-state index in [2.05, 4.69) is 32.3 Å². The Kier molecular flexibility index (Phi) is 5.48. The summed E-state index contributed by atoms with van der Waals surface area (Å²) >= 11 is 2.13. The highest BCUT2D eigenvalue weighted by atomic mass is 127. The van der Waals surface area contributed by atoms with Crippen LogP contribution in [0, 0.1) is 0 Å². The second kappa shape index (κ2) is 6.39. The molecule has 0 aromatic carbocycles. The minimum absolute atomic E-state index is 0.0979. The van der Waals surface area contributed by atoms with Crippen molar-refractivity contribution in [2.75, 3.05) is 16.7 Å². The lowest BCUT2D eigenvalue weighted by atomic mass is 10.3. The maximum Gasteiger partial charge on any atom is 0.212 e. The van der Waals surface area contributed by atoms with E-state index in [0.717, 1.165) is 10.1 Å². The molecule has 15 heavy (non-hydrogen) atoms. The summed E-state index contributed by atoms with van der Waals surface area (Å²) in [6.45, 7) is 0.491. The van der Waals surface area contributed by atoms with Crippen LogP contribution in [0.3, 0.4) is 0 Å². The summed E-state index contributed by atoms with van der Waals surface area (Å²) in [5, 5.41) is 0. The van der Waals surface area contributed by atoms with E-state index in [1.165, 1.54) is 0 Å². The Bertz CT molecular complexity index is 380. The smallest absolute Gasteiger partial charge is 0.212 e. The molecule has 1 N–H and O–H groups in total. The summed E-state index contributed by atoms with van der Waals surface area (Å²) in [7, 11) is -3.14. The molecule has 0 amide bonds. The van der Waals surface area contributed by atoms with Crippen molar-refractivity contribution in [1.29, 1.82) is 0 Å². The van der Waals surface area contributed by atoms with Crippen LogP contribution >= 0.6 is 22.6 Å². The fourth-order valence-electron chi connectivity index (χ4n) is 1.05. The number of sulfonamides is 1. The highest BCUT2D eigenvalue weighted by Crippen LogP contribution is 1.97. The minimum Gasteiger partial charge on any atom is -0.261 e. The second-order valence-electron chi connectivity index (χ2n) is 2.97. The predicted octanol–water partition coefficient (Wildman–Crippen LogP) is 0.979. The minimum atomic E-state index is -3.14. The van der Waals surface area contributed by atoms with Gasteiger partial charge in [-0.1, -0.05) is 28.7 Å². The van der Waals surface area contributed by atoms with E-state index < -0.39 is 10.0 Å². The molecule has 0 bridgehead atoms. The third-order valence-electron chi connectivity index (χ3n) is 1.77. The zero-order valence-corrected chi connectivity index (χ0v) is 11.2. The third-order valence-corrected chi connectivity index (χ3v) is 3.69. The van der Waals surface area contributed by atoms with Crippen molar-refractivity contribution >= 4 is 32.6 Å². The van der Waals surface area contributed by atoms with Crippen molar-refractivity contribution in [3.8, 4) is 0 Å². The second-order valence-corrected chi connectivity index (χ2v) is 5.98. The van der Waals surface area contributed by atoms with Crippen LogP contribution < -0.4 is 4.72 Å². The van der Waals surface area contributed by atoms with Crippen LogP contribution in [0.4, 0.5) is 0 Å². The van der Waals surface area contributed by atoms with Gasteiger partial charge in [-0.2, -0.15) is 0 Å². The monoisotopic (exact) mass is 340 g/mol. The van der Waals surface area contributed by atoms with E-state index in [0.29, 0.717) is 13.0 Å². The van der Waals surface area contributed by atoms with Gasteiger partial charge in [0, 0.05) is 29.3 Å². The molecule has 84 valence electrons. The van der Waals surface area contributed by atoms with E-state index in [-0.39, 0.29) is 5.75 Å². The summed E-state index contributed by atoms with van der Waals surface area (Å²) in [4.78, 5) is 4.07. The van der Waals surface area contributed by atoms with Crippen LogP contribution in [0.1, 0.15) is 5.69 Å². The van der Waals surface area contributed by atoms with Crippen LogP contribution in [0.25, 0.3) is 0 Å². The summed E-state index contributed by atoms with van der Waals surface area (Å²) in [6.07, 6.45) is 2.12. The number of hydrogen-bond acceptors (Lipinski definition) is 3. The van der Waals surface area contributed by atoms with Crippen molar-refractivity contribution in [2.24, 2.45) is 0 Å². The van der Waals surface area contributed by atoms with Gasteiger partial charge in [-0.05, 0) is 12.1 Å². The number of nitrogens with zero attached hydrogens (tertiary/aromatic N) is 1. The molecule has 0 radical (unpaired) electrons. The van der Waals surface area contributed by atoms with Crippen LogP contribution in [0.5, 0.6) is 0 Å². The Morgan fingerprint density at radius 2 is 2.20 bits per heavy atom. The number of alkyl halides is 1.